The summed E-state index contributed by atoms with van der Waals surface area (Å²) in [6.07, 6.45) is 4.23. The summed E-state index contributed by atoms with van der Waals surface area (Å²) in [5, 5.41) is 0. The minimum Gasteiger partial charge on any atom is -0.327 e. The molecule has 3 nitrogen and oxygen atoms in total. The van der Waals surface area contributed by atoms with Crippen molar-refractivity contribution in [3.63, 3.8) is 0 Å². The third-order valence-corrected chi connectivity index (χ3v) is 1.53. The van der Waals surface area contributed by atoms with E-state index in [1.807, 2.05) is 0 Å². The molecule has 0 amide bonds. The molecule has 2 rings (SSSR count). The number of hydrogen-bond acceptors (Lipinski definition) is 2. The summed E-state index contributed by atoms with van der Waals surface area (Å²) in [5.41, 5.74) is 1.85. The van der Waals surface area contributed by atoms with Crippen molar-refractivity contribution in [3.8, 4) is 0 Å². The number of aliphatic imine (C=N–C) groups is 1. The zero-order valence-electron chi connectivity index (χ0n) is 5.29. The van der Waals surface area contributed by atoms with Crippen LogP contribution in [0.1, 0.15) is 5.56 Å². The summed E-state index contributed by atoms with van der Waals surface area (Å²) in [4.78, 5) is 17.3. The first-order valence-electron chi connectivity index (χ1n) is 3.10. The van der Waals surface area contributed by atoms with Gasteiger partial charge in [-0.05, 0) is 5.56 Å². The highest BCUT2D eigenvalue weighted by molar-refractivity contribution is 5.74. The largest absolute Gasteiger partial charge is 0.327 e. The number of hydrogen-bond donors (Lipinski definition) is 1. The molecule has 3 heteroatoms. The Bertz CT molecular complexity index is 338. The lowest BCUT2D eigenvalue weighted by Gasteiger charge is -1.91. The summed E-state index contributed by atoms with van der Waals surface area (Å²) in [6, 6.07) is 1.59. The van der Waals surface area contributed by atoms with Crippen LogP contribution in [0.2, 0.25) is 0 Å². The first-order valence-corrected chi connectivity index (χ1v) is 3.10. The van der Waals surface area contributed by atoms with Gasteiger partial charge in [-0.25, -0.2) is 0 Å². The van der Waals surface area contributed by atoms with Crippen LogP contribution in [0, 0.1) is 0 Å². The highest BCUT2D eigenvalue weighted by Gasteiger charge is 2.04. The predicted octanol–water partition coefficient (Wildman–Crippen LogP) is 0.633. The molecule has 0 saturated heterocycles. The molecule has 1 aliphatic heterocycles. The van der Waals surface area contributed by atoms with Gasteiger partial charge < -0.3 is 4.98 Å². The van der Waals surface area contributed by atoms with Crippen LogP contribution in [0.3, 0.4) is 0 Å². The van der Waals surface area contributed by atoms with Crippen molar-refractivity contribution >= 4 is 11.9 Å². The highest BCUT2D eigenvalue weighted by Crippen LogP contribution is 2.19. The third-order valence-electron chi connectivity index (χ3n) is 1.53. The number of rotatable bonds is 0. The quantitative estimate of drug-likeness (QED) is 0.555. The van der Waals surface area contributed by atoms with E-state index >= 15 is 0 Å². The van der Waals surface area contributed by atoms with E-state index in [-0.39, 0.29) is 5.56 Å². The van der Waals surface area contributed by atoms with E-state index in [2.05, 4.69) is 9.98 Å². The standard InChI is InChI=1S/C7H6N2O/c10-7-3-5-1-2-8-6(5)4-9-7/h2-4H,1H2,(H,9,10). The van der Waals surface area contributed by atoms with Crippen LogP contribution >= 0.6 is 0 Å². The van der Waals surface area contributed by atoms with Crippen molar-refractivity contribution in [2.75, 3.05) is 0 Å². The number of nitrogens with one attached hydrogen (secondary N) is 1. The molecule has 1 aromatic rings. The van der Waals surface area contributed by atoms with Gasteiger partial charge in [-0.15, -0.1) is 0 Å². The van der Waals surface area contributed by atoms with Crippen LogP contribution in [-0.4, -0.2) is 11.2 Å². The second kappa shape index (κ2) is 1.80. The molecule has 0 atom stereocenters. The summed E-state index contributed by atoms with van der Waals surface area (Å²) in [7, 11) is 0. The third kappa shape index (κ3) is 0.673. The van der Waals surface area contributed by atoms with E-state index in [0.717, 1.165) is 17.7 Å². The average molecular weight is 134 g/mol. The lowest BCUT2D eigenvalue weighted by molar-refractivity contribution is 1.20. The van der Waals surface area contributed by atoms with Crippen molar-refractivity contribution in [1.82, 2.24) is 4.98 Å². The lowest BCUT2D eigenvalue weighted by atomic mass is 10.2. The Morgan fingerprint density at radius 1 is 1.60 bits per heavy atom. The van der Waals surface area contributed by atoms with Gasteiger partial charge >= 0.3 is 0 Å². The van der Waals surface area contributed by atoms with Gasteiger partial charge in [0.05, 0.1) is 5.69 Å². The van der Waals surface area contributed by atoms with Crippen LogP contribution in [0.4, 0.5) is 5.69 Å². The average Bonchev–Trinajstić information content (AvgIpc) is 2.33. The van der Waals surface area contributed by atoms with Crippen LogP contribution in [-0.2, 0) is 6.42 Å². The SMILES string of the molecule is O=c1cc2c(c[nH]1)N=CC2. The van der Waals surface area contributed by atoms with Crippen molar-refractivity contribution in [1.29, 1.82) is 0 Å². The number of aromatic amines is 1. The fourth-order valence-electron chi connectivity index (χ4n) is 1.03. The second-order valence-corrected chi connectivity index (χ2v) is 2.22. The van der Waals surface area contributed by atoms with E-state index in [4.69, 9.17) is 0 Å². The van der Waals surface area contributed by atoms with Gasteiger partial charge in [0.25, 0.3) is 0 Å². The molecule has 1 N–H and O–H groups in total. The van der Waals surface area contributed by atoms with Crippen LogP contribution in [0.15, 0.2) is 22.1 Å². The van der Waals surface area contributed by atoms with Crippen molar-refractivity contribution in [2.24, 2.45) is 4.99 Å². The highest BCUT2D eigenvalue weighted by atomic mass is 16.1. The van der Waals surface area contributed by atoms with E-state index < -0.39 is 0 Å². The Kier molecular flexibility index (Phi) is 0.974. The van der Waals surface area contributed by atoms with Gasteiger partial charge in [0, 0.05) is 24.9 Å². The maximum absolute atomic E-state index is 10.7. The summed E-state index contributed by atoms with van der Waals surface area (Å²) < 4.78 is 0. The molecule has 0 unspecified atom stereocenters. The first kappa shape index (κ1) is 5.41. The zero-order chi connectivity index (χ0) is 6.97. The maximum Gasteiger partial charge on any atom is 0.248 e. The van der Waals surface area contributed by atoms with Gasteiger partial charge in [0.15, 0.2) is 0 Å². The fourth-order valence-corrected chi connectivity index (χ4v) is 1.03. The molecule has 50 valence electrons. The van der Waals surface area contributed by atoms with Gasteiger partial charge in [-0.3, -0.25) is 9.79 Å². The van der Waals surface area contributed by atoms with E-state index in [1.54, 1.807) is 18.5 Å². The van der Waals surface area contributed by atoms with Gasteiger partial charge in [-0.1, -0.05) is 0 Å². The monoisotopic (exact) mass is 134 g/mol. The van der Waals surface area contributed by atoms with E-state index in [1.165, 1.54) is 0 Å². The molecule has 0 aliphatic carbocycles. The van der Waals surface area contributed by atoms with Crippen molar-refractivity contribution < 1.29 is 0 Å². The predicted molar refractivity (Wildman–Crippen MR) is 38.9 cm³/mol. The topological polar surface area (TPSA) is 45.2 Å². The molecule has 1 aromatic heterocycles. The number of fused-ring (bicyclic) bond motifs is 1. The number of aromatic nitrogens is 1. The van der Waals surface area contributed by atoms with Crippen LogP contribution < -0.4 is 5.56 Å². The Morgan fingerprint density at radius 2 is 2.50 bits per heavy atom. The number of pyridine rings is 1. The van der Waals surface area contributed by atoms with Crippen LogP contribution in [0.5, 0.6) is 0 Å². The summed E-state index contributed by atoms with van der Waals surface area (Å²) >= 11 is 0. The van der Waals surface area contributed by atoms with Crippen molar-refractivity contribution in [3.05, 3.63) is 28.2 Å². The molecular weight excluding hydrogens is 128 g/mol. The number of nitrogens with zero attached hydrogens (tertiary/aromatic N) is 1. The molecule has 10 heavy (non-hydrogen) atoms. The van der Waals surface area contributed by atoms with Gasteiger partial charge in [-0.2, -0.15) is 0 Å². The number of H-pyrrole nitrogens is 1. The van der Waals surface area contributed by atoms with Gasteiger partial charge in [0.2, 0.25) is 5.56 Å². The molecule has 0 radical (unpaired) electrons. The van der Waals surface area contributed by atoms with Crippen molar-refractivity contribution in [2.45, 2.75) is 6.42 Å². The minimum atomic E-state index is -0.0516. The molecule has 0 bridgehead atoms. The molecule has 0 spiro atoms. The molecule has 0 aromatic carbocycles. The van der Waals surface area contributed by atoms with E-state index in [9.17, 15) is 4.79 Å². The van der Waals surface area contributed by atoms with Gasteiger partial charge in [0.1, 0.15) is 0 Å². The molecule has 0 fully saturated rings. The lowest BCUT2D eigenvalue weighted by Crippen LogP contribution is -2.02. The first-order chi connectivity index (χ1) is 4.86. The molecule has 1 aliphatic rings. The maximum atomic E-state index is 10.7. The Hall–Kier alpha value is -1.38. The smallest absolute Gasteiger partial charge is 0.248 e. The Labute approximate surface area is 57.4 Å². The second-order valence-electron chi connectivity index (χ2n) is 2.22. The molecular formula is C7H6N2O. The summed E-state index contributed by atoms with van der Waals surface area (Å²) in [5.74, 6) is 0. The fraction of sp³-hybridized carbons (Fsp3) is 0.143. The normalized spacial score (nSPS) is 13.6. The zero-order valence-corrected chi connectivity index (χ0v) is 5.29. The van der Waals surface area contributed by atoms with Crippen LogP contribution in [0.25, 0.3) is 0 Å². The molecule has 2 heterocycles. The van der Waals surface area contributed by atoms with E-state index in [0.29, 0.717) is 0 Å². The summed E-state index contributed by atoms with van der Waals surface area (Å²) in [6.45, 7) is 0. The minimum absolute atomic E-state index is 0.0516. The molecule has 0 saturated carbocycles. The Balaban J connectivity index is 2.69. The Morgan fingerprint density at radius 3 is 3.40 bits per heavy atom.